The molecular weight excluding hydrogens is 482 g/mol. The van der Waals surface area contributed by atoms with Crippen LogP contribution in [0.3, 0.4) is 0 Å². The van der Waals surface area contributed by atoms with Crippen LogP contribution in [0.2, 0.25) is 0 Å². The Bertz CT molecular complexity index is 1500. The van der Waals surface area contributed by atoms with Gasteiger partial charge in [0.1, 0.15) is 0 Å². The SMILES string of the molecule is Cc1ncc(NC(=O)CCN2CC3CCC2CC3)cc1NC(=O)c1nnc2cc(-c3cnn(C)c3)ccn12. The smallest absolute Gasteiger partial charge is 0.294 e. The highest BCUT2D eigenvalue weighted by atomic mass is 16.2. The Labute approximate surface area is 220 Å². The molecular formula is C27H31N9O2. The number of carbonyl (C=O) groups is 2. The van der Waals surface area contributed by atoms with E-state index >= 15 is 0 Å². The Morgan fingerprint density at radius 3 is 2.63 bits per heavy atom. The molecule has 196 valence electrons. The molecule has 2 aliphatic heterocycles. The molecule has 7 rings (SSSR count). The molecule has 0 atom stereocenters. The van der Waals surface area contributed by atoms with E-state index in [2.05, 4.69) is 35.8 Å². The van der Waals surface area contributed by atoms with Crippen molar-refractivity contribution in [1.29, 1.82) is 0 Å². The lowest BCUT2D eigenvalue weighted by atomic mass is 9.80. The Balaban J connectivity index is 1.11. The van der Waals surface area contributed by atoms with Gasteiger partial charge in [-0.2, -0.15) is 5.10 Å². The topological polar surface area (TPSA) is 122 Å². The number of amides is 2. The van der Waals surface area contributed by atoms with Crippen molar-refractivity contribution < 1.29 is 9.59 Å². The maximum atomic E-state index is 13.1. The first-order valence-corrected chi connectivity index (χ1v) is 13.1. The molecule has 11 nitrogen and oxygen atoms in total. The number of fused-ring (bicyclic) bond motifs is 4. The Morgan fingerprint density at radius 2 is 1.89 bits per heavy atom. The summed E-state index contributed by atoms with van der Waals surface area (Å²) in [6, 6.07) is 6.11. The third-order valence-corrected chi connectivity index (χ3v) is 7.72. The highest BCUT2D eigenvalue weighted by Crippen LogP contribution is 2.34. The number of aryl methyl sites for hydroxylation is 2. The molecule has 2 N–H and O–H groups in total. The van der Waals surface area contributed by atoms with Gasteiger partial charge in [-0.15, -0.1) is 10.2 Å². The summed E-state index contributed by atoms with van der Waals surface area (Å²) in [6.45, 7) is 3.69. The summed E-state index contributed by atoms with van der Waals surface area (Å²) in [5, 5.41) is 18.3. The summed E-state index contributed by atoms with van der Waals surface area (Å²) in [5.74, 6) is 0.478. The quantitative estimate of drug-likeness (QED) is 0.389. The van der Waals surface area contributed by atoms with Gasteiger partial charge in [0.25, 0.3) is 5.91 Å². The van der Waals surface area contributed by atoms with Gasteiger partial charge in [0.05, 0.1) is 29.5 Å². The summed E-state index contributed by atoms with van der Waals surface area (Å²) < 4.78 is 3.37. The van der Waals surface area contributed by atoms with E-state index in [4.69, 9.17) is 0 Å². The van der Waals surface area contributed by atoms with E-state index < -0.39 is 5.91 Å². The lowest BCUT2D eigenvalue weighted by molar-refractivity contribution is -0.117. The van der Waals surface area contributed by atoms with E-state index in [9.17, 15) is 9.59 Å². The van der Waals surface area contributed by atoms with Crippen LogP contribution in [-0.2, 0) is 11.8 Å². The number of hydrogen-bond acceptors (Lipinski definition) is 7. The summed E-state index contributed by atoms with van der Waals surface area (Å²) in [6.07, 6.45) is 12.7. The second kappa shape index (κ2) is 9.97. The molecule has 38 heavy (non-hydrogen) atoms. The molecule has 0 radical (unpaired) electrons. The molecule has 6 heterocycles. The van der Waals surface area contributed by atoms with Gasteiger partial charge in [-0.25, -0.2) is 0 Å². The van der Waals surface area contributed by atoms with Crippen LogP contribution in [0.1, 0.15) is 48.4 Å². The van der Waals surface area contributed by atoms with Crippen LogP contribution in [0.25, 0.3) is 16.8 Å². The lowest BCUT2D eigenvalue weighted by Crippen LogP contribution is -2.48. The van der Waals surface area contributed by atoms with Gasteiger partial charge in [0, 0.05) is 50.6 Å². The van der Waals surface area contributed by atoms with Gasteiger partial charge in [0.15, 0.2) is 5.65 Å². The lowest BCUT2D eigenvalue weighted by Gasteiger charge is -2.45. The van der Waals surface area contributed by atoms with E-state index in [1.165, 1.54) is 25.7 Å². The Hall–Kier alpha value is -4.12. The first-order valence-electron chi connectivity index (χ1n) is 13.1. The largest absolute Gasteiger partial charge is 0.325 e. The summed E-state index contributed by atoms with van der Waals surface area (Å²) in [5.41, 5.74) is 4.12. The van der Waals surface area contributed by atoms with Gasteiger partial charge in [-0.3, -0.25) is 28.6 Å². The zero-order valence-electron chi connectivity index (χ0n) is 21.6. The maximum Gasteiger partial charge on any atom is 0.294 e. The highest BCUT2D eigenvalue weighted by Gasteiger charge is 2.33. The van der Waals surface area contributed by atoms with Crippen molar-refractivity contribution in [2.75, 3.05) is 23.7 Å². The van der Waals surface area contributed by atoms with E-state index in [0.29, 0.717) is 35.2 Å². The summed E-state index contributed by atoms with van der Waals surface area (Å²) >= 11 is 0. The molecule has 11 heteroatoms. The normalized spacial score (nSPS) is 19.1. The van der Waals surface area contributed by atoms with Gasteiger partial charge in [-0.1, -0.05) is 0 Å². The molecule has 3 aliphatic rings. The predicted molar refractivity (Wildman–Crippen MR) is 143 cm³/mol. The van der Waals surface area contributed by atoms with Crippen LogP contribution in [-0.4, -0.2) is 65.2 Å². The fourth-order valence-electron chi connectivity index (χ4n) is 5.62. The number of nitrogens with one attached hydrogen (secondary N) is 2. The van der Waals surface area contributed by atoms with Gasteiger partial charge < -0.3 is 10.6 Å². The van der Waals surface area contributed by atoms with Crippen LogP contribution in [0.5, 0.6) is 0 Å². The van der Waals surface area contributed by atoms with E-state index in [1.807, 2.05) is 25.4 Å². The summed E-state index contributed by atoms with van der Waals surface area (Å²) in [7, 11) is 1.86. The van der Waals surface area contributed by atoms with Crippen molar-refractivity contribution in [3.8, 4) is 11.1 Å². The number of hydrogen-bond donors (Lipinski definition) is 2. The summed E-state index contributed by atoms with van der Waals surface area (Å²) in [4.78, 5) is 32.6. The number of anilines is 2. The van der Waals surface area contributed by atoms with Crippen molar-refractivity contribution in [3.05, 3.63) is 54.5 Å². The van der Waals surface area contributed by atoms with E-state index in [0.717, 1.165) is 30.1 Å². The van der Waals surface area contributed by atoms with Crippen LogP contribution in [0, 0.1) is 12.8 Å². The molecule has 4 aromatic heterocycles. The molecule has 2 saturated heterocycles. The first-order chi connectivity index (χ1) is 18.4. The maximum absolute atomic E-state index is 13.1. The third-order valence-electron chi connectivity index (χ3n) is 7.72. The fraction of sp³-hybridized carbons (Fsp3) is 0.407. The predicted octanol–water partition coefficient (Wildman–Crippen LogP) is 3.29. The Morgan fingerprint density at radius 1 is 1.05 bits per heavy atom. The number of pyridine rings is 2. The van der Waals surface area contributed by atoms with Crippen LogP contribution in [0.15, 0.2) is 43.0 Å². The molecule has 4 aromatic rings. The molecule has 2 amide bonds. The molecule has 0 unspecified atom stereocenters. The number of nitrogens with zero attached hydrogens (tertiary/aromatic N) is 7. The van der Waals surface area contributed by atoms with Crippen LogP contribution in [0.4, 0.5) is 11.4 Å². The zero-order valence-corrected chi connectivity index (χ0v) is 21.6. The monoisotopic (exact) mass is 513 g/mol. The zero-order chi connectivity index (χ0) is 26.2. The first kappa shape index (κ1) is 24.2. The third kappa shape index (κ3) is 4.89. The highest BCUT2D eigenvalue weighted by molar-refractivity contribution is 6.03. The number of piperidine rings is 2. The van der Waals surface area contributed by atoms with Crippen LogP contribution >= 0.6 is 0 Å². The molecule has 2 bridgehead atoms. The standard InChI is InChI=1S/C27H31N9O2/c1-17-23(12-21(14-28-17)30-25(37)8-9-35-15-18-3-5-22(35)6-4-18)31-27(38)26-33-32-24-11-19(7-10-36(24)26)20-13-29-34(2)16-20/h7,10-14,16,18,22H,3-6,8-9,15H2,1-2H3,(H,30,37)(H,31,38). The minimum Gasteiger partial charge on any atom is -0.325 e. The van der Waals surface area contributed by atoms with Crippen LogP contribution < -0.4 is 10.6 Å². The molecule has 1 saturated carbocycles. The minimum absolute atomic E-state index is 0.0535. The van der Waals surface area contributed by atoms with Gasteiger partial charge in [-0.05, 0) is 62.3 Å². The van der Waals surface area contributed by atoms with Gasteiger partial charge >= 0.3 is 0 Å². The number of rotatable bonds is 7. The van der Waals surface area contributed by atoms with Crippen molar-refractivity contribution in [1.82, 2.24) is 34.3 Å². The average Bonchev–Trinajstić information content (AvgIpc) is 3.56. The Kier molecular flexibility index (Phi) is 6.36. The second-order valence-corrected chi connectivity index (χ2v) is 10.3. The van der Waals surface area contributed by atoms with Crippen molar-refractivity contribution in [2.24, 2.45) is 13.0 Å². The van der Waals surface area contributed by atoms with E-state index in [-0.39, 0.29) is 11.7 Å². The molecule has 0 aromatic carbocycles. The second-order valence-electron chi connectivity index (χ2n) is 10.3. The molecule has 0 spiro atoms. The minimum atomic E-state index is -0.417. The molecule has 3 fully saturated rings. The van der Waals surface area contributed by atoms with Gasteiger partial charge in [0.2, 0.25) is 11.7 Å². The van der Waals surface area contributed by atoms with Crippen molar-refractivity contribution in [3.63, 3.8) is 0 Å². The number of carbonyl (C=O) groups excluding carboxylic acids is 2. The van der Waals surface area contributed by atoms with Crippen molar-refractivity contribution in [2.45, 2.75) is 45.1 Å². The van der Waals surface area contributed by atoms with Crippen molar-refractivity contribution >= 4 is 28.8 Å². The number of aromatic nitrogens is 6. The average molecular weight is 514 g/mol. The fourth-order valence-corrected chi connectivity index (χ4v) is 5.62. The van der Waals surface area contributed by atoms with E-state index in [1.54, 1.807) is 40.7 Å². The molecule has 1 aliphatic carbocycles.